The van der Waals surface area contributed by atoms with Crippen molar-refractivity contribution in [3.63, 3.8) is 0 Å². The van der Waals surface area contributed by atoms with Gasteiger partial charge in [0.1, 0.15) is 39.2 Å². The predicted molar refractivity (Wildman–Crippen MR) is 94.2 cm³/mol. The third-order valence-electron chi connectivity index (χ3n) is 4.02. The first-order valence-electron chi connectivity index (χ1n) is 7.76. The van der Waals surface area contributed by atoms with E-state index in [-0.39, 0.29) is 64.2 Å². The molecule has 1 aliphatic rings. The van der Waals surface area contributed by atoms with Crippen LogP contribution in [0.3, 0.4) is 0 Å². The first-order valence-corrected chi connectivity index (χ1v) is 11.6. The molecular formula is C12H22KNO12S3. The molecule has 1 unspecified atom stereocenters. The molecule has 1 heterocycles. The molecule has 0 bridgehead atoms. The number of aliphatic hydroxyl groups is 4. The number of hydrogen-bond acceptors (Lipinski definition) is 13. The number of hydrogen-bond donors (Lipinski definition) is 6. The van der Waals surface area contributed by atoms with E-state index >= 15 is 0 Å². The average molecular weight is 508 g/mol. The fourth-order valence-electron chi connectivity index (χ4n) is 2.67. The number of rotatable bonds is 9. The summed E-state index contributed by atoms with van der Waals surface area (Å²) in [7, 11) is -8.58. The molecule has 0 radical (unpaired) electrons. The zero-order chi connectivity index (χ0) is 21.9. The van der Waals surface area contributed by atoms with Crippen LogP contribution in [0.4, 0.5) is 0 Å². The molecule has 0 aromatic carbocycles. The summed E-state index contributed by atoms with van der Waals surface area (Å²) in [5, 5.41) is 54.3. The predicted octanol–water partition coefficient (Wildman–Crippen LogP) is -6.98. The fourth-order valence-corrected chi connectivity index (χ4v) is 4.06. The van der Waals surface area contributed by atoms with Gasteiger partial charge in [0, 0.05) is 23.8 Å². The van der Waals surface area contributed by atoms with Gasteiger partial charge in [-0.15, -0.1) is 12.6 Å². The van der Waals surface area contributed by atoms with E-state index < -0.39 is 73.8 Å². The normalized spacial score (nSPS) is 32.3. The van der Waals surface area contributed by atoms with E-state index in [1.807, 2.05) is 0 Å². The summed E-state index contributed by atoms with van der Waals surface area (Å²) in [6.07, 6.45) is -6.80. The minimum atomic E-state index is -5.14. The van der Waals surface area contributed by atoms with E-state index in [0.29, 0.717) is 0 Å². The van der Waals surface area contributed by atoms with Crippen molar-refractivity contribution in [3.05, 3.63) is 0 Å². The maximum absolute atomic E-state index is 12.3. The number of oxime groups is 1. The van der Waals surface area contributed by atoms with Crippen molar-refractivity contribution in [1.82, 2.24) is 0 Å². The Morgan fingerprint density at radius 2 is 1.83 bits per heavy atom. The Hall–Kier alpha value is 0.916. The Morgan fingerprint density at radius 1 is 1.28 bits per heavy atom. The number of ether oxygens (including phenoxy) is 1. The van der Waals surface area contributed by atoms with Gasteiger partial charge in [0.25, 0.3) is 0 Å². The second-order valence-electron chi connectivity index (χ2n) is 6.27. The first-order chi connectivity index (χ1) is 12.6. The maximum atomic E-state index is 12.3. The second-order valence-corrected chi connectivity index (χ2v) is 10.2. The van der Waals surface area contributed by atoms with Crippen molar-refractivity contribution >= 4 is 38.8 Å². The van der Waals surface area contributed by atoms with E-state index in [1.54, 1.807) is 0 Å². The van der Waals surface area contributed by atoms with Crippen LogP contribution >= 0.6 is 12.6 Å². The molecule has 166 valence electrons. The van der Waals surface area contributed by atoms with Crippen LogP contribution in [0.2, 0.25) is 0 Å². The minimum absolute atomic E-state index is 0. The number of nitrogens with zero attached hydrogens (tertiary/aromatic N) is 1. The fraction of sp³-hybridized carbons (Fsp3) is 0.917. The Bertz CT molecular complexity index is 773. The van der Waals surface area contributed by atoms with Gasteiger partial charge in [-0.05, 0) is 12.8 Å². The topological polar surface area (TPSA) is 223 Å². The zero-order valence-corrected chi connectivity index (χ0v) is 21.2. The molecule has 0 spiro atoms. The van der Waals surface area contributed by atoms with E-state index in [1.165, 1.54) is 0 Å². The second kappa shape index (κ2) is 11.7. The van der Waals surface area contributed by atoms with Crippen molar-refractivity contribution in [2.75, 3.05) is 18.6 Å². The number of thiol groups is 1. The molecule has 1 fully saturated rings. The largest absolute Gasteiger partial charge is 1.00 e. The third kappa shape index (κ3) is 8.76. The smallest absolute Gasteiger partial charge is 0.859 e. The van der Waals surface area contributed by atoms with Gasteiger partial charge >= 0.3 is 61.8 Å². The molecule has 1 rings (SSSR count). The molecule has 6 atom stereocenters. The van der Waals surface area contributed by atoms with Crippen molar-refractivity contribution in [1.29, 1.82) is 0 Å². The van der Waals surface area contributed by atoms with Crippen LogP contribution in [0.15, 0.2) is 5.16 Å². The molecule has 1 saturated heterocycles. The standard InChI is InChI=1S/C12H23NO12S3.K/c1-27(19,20)4-2-3-6(11(18)13-25-28(21,22)23)12(26)10(17)9(16)8(15)7(5-14)24-12;/h6-10,14-17,26H,2-5H2,1H3,(H,13,18)(H,21,22,23);/q;+1/p-1/t6?,7-,8-,9+,10-,12+;/m1./s1. The van der Waals surface area contributed by atoms with Gasteiger partial charge in [-0.1, -0.05) is 5.16 Å². The van der Waals surface area contributed by atoms with Gasteiger partial charge in [0.05, 0.1) is 6.61 Å². The van der Waals surface area contributed by atoms with Crippen LogP contribution < -0.4 is 56.5 Å². The third-order valence-corrected chi connectivity index (χ3v) is 6.00. The molecule has 5 N–H and O–H groups in total. The van der Waals surface area contributed by atoms with Gasteiger partial charge in [0.15, 0.2) is 0 Å². The van der Waals surface area contributed by atoms with Crippen LogP contribution in [0, 0.1) is 5.92 Å². The summed E-state index contributed by atoms with van der Waals surface area (Å²) in [5.41, 5.74) is 0. The summed E-state index contributed by atoms with van der Waals surface area (Å²) in [5.74, 6) is -3.50. The van der Waals surface area contributed by atoms with Crippen molar-refractivity contribution in [2.45, 2.75) is 42.2 Å². The van der Waals surface area contributed by atoms with E-state index in [4.69, 9.17) is 9.29 Å². The van der Waals surface area contributed by atoms with Gasteiger partial charge in [-0.3, -0.25) is 4.55 Å². The Balaban J connectivity index is 0.00000784. The zero-order valence-electron chi connectivity index (χ0n) is 15.5. The molecule has 0 aliphatic carbocycles. The number of aliphatic hydroxyl groups excluding tert-OH is 4. The SMILES string of the molecule is CS(=O)(=O)CCCC(/C([O-])=N/OS(=O)(=O)O)[C@@]1(S)O[C@H](CO)[C@@H](O)[C@H](O)[C@H]1O.[K+]. The van der Waals surface area contributed by atoms with E-state index in [9.17, 15) is 42.4 Å². The average Bonchev–Trinajstić information content (AvgIpc) is 2.56. The molecule has 17 heteroatoms. The monoisotopic (exact) mass is 507 g/mol. The summed E-state index contributed by atoms with van der Waals surface area (Å²) in [4.78, 5) is -2.31. The van der Waals surface area contributed by atoms with Crippen LogP contribution in [0.5, 0.6) is 0 Å². The summed E-state index contributed by atoms with van der Waals surface area (Å²) in [6.45, 7) is -0.837. The summed E-state index contributed by atoms with van der Waals surface area (Å²) in [6, 6.07) is 0. The van der Waals surface area contributed by atoms with Gasteiger partial charge < -0.3 is 30.3 Å². The quantitative estimate of drug-likeness (QED) is 0.0428. The van der Waals surface area contributed by atoms with Crippen molar-refractivity contribution in [3.8, 4) is 0 Å². The van der Waals surface area contributed by atoms with Crippen LogP contribution in [-0.4, -0.2) is 95.7 Å². The van der Waals surface area contributed by atoms with Crippen LogP contribution in [0.1, 0.15) is 12.8 Å². The molecule has 0 aromatic heterocycles. The van der Waals surface area contributed by atoms with E-state index in [0.717, 1.165) is 6.26 Å². The summed E-state index contributed by atoms with van der Waals surface area (Å²) < 4.78 is 61.3. The molecule has 0 saturated carbocycles. The molecule has 13 nitrogen and oxygen atoms in total. The van der Waals surface area contributed by atoms with Crippen molar-refractivity contribution in [2.24, 2.45) is 11.1 Å². The molecule has 0 amide bonds. The van der Waals surface area contributed by atoms with Crippen molar-refractivity contribution < 1.29 is 107 Å². The Kier molecular flexibility index (Phi) is 12.1. The molecule has 0 aromatic rings. The Labute approximate surface area is 215 Å². The molecule has 1 aliphatic heterocycles. The summed E-state index contributed by atoms with van der Waals surface area (Å²) >= 11 is 4.05. The molecule has 29 heavy (non-hydrogen) atoms. The van der Waals surface area contributed by atoms with Gasteiger partial charge in [-0.25, -0.2) is 12.7 Å². The van der Waals surface area contributed by atoms with Gasteiger partial charge in [-0.2, -0.15) is 8.42 Å². The van der Waals surface area contributed by atoms with Crippen LogP contribution in [-0.2, 0) is 29.3 Å². The minimum Gasteiger partial charge on any atom is -0.859 e. The van der Waals surface area contributed by atoms with Gasteiger partial charge in [0.2, 0.25) is 0 Å². The van der Waals surface area contributed by atoms with E-state index in [2.05, 4.69) is 22.1 Å². The Morgan fingerprint density at radius 3 is 2.28 bits per heavy atom. The maximum Gasteiger partial charge on any atom is 1.00 e. The van der Waals surface area contributed by atoms with Crippen LogP contribution in [0.25, 0.3) is 0 Å². The first kappa shape index (κ1) is 29.9. The number of sulfone groups is 1. The molecular weight excluding hydrogens is 485 g/mol.